The van der Waals surface area contributed by atoms with E-state index in [0.717, 1.165) is 0 Å². The Hall–Kier alpha value is -0.100. The number of fused-ring (bicyclic) bond motifs is 1. The molecule has 0 aliphatic carbocycles. The van der Waals surface area contributed by atoms with Gasteiger partial charge in [-0.2, -0.15) is 0 Å². The average Bonchev–Trinajstić information content (AvgIpc) is 2.84. The molecule has 116 valence electrons. The summed E-state index contributed by atoms with van der Waals surface area (Å²) in [6.07, 6.45) is -0.472. The van der Waals surface area contributed by atoms with Crippen molar-refractivity contribution in [3.05, 3.63) is 0 Å². The van der Waals surface area contributed by atoms with Gasteiger partial charge in [-0.25, -0.2) is 0 Å². The molecule has 0 aromatic heterocycles. The second-order valence-electron chi connectivity index (χ2n) is 5.63. The largest absolute Gasteiger partial charge is 0.511 e. The molecule has 0 N–H and O–H groups in total. The van der Waals surface area contributed by atoms with Crippen molar-refractivity contribution in [2.75, 3.05) is 13.7 Å². The molecule has 6 atom stereocenters. The summed E-state index contributed by atoms with van der Waals surface area (Å²) in [6.45, 7) is 7.93. The Kier molecular flexibility index (Phi) is 5.16. The second kappa shape index (κ2) is 6.34. The molecule has 0 radical (unpaired) electrons. The van der Waals surface area contributed by atoms with E-state index in [2.05, 4.69) is 0 Å². The quantitative estimate of drug-likeness (QED) is 0.702. The molecule has 0 spiro atoms. The lowest BCUT2D eigenvalue weighted by molar-refractivity contribution is -0.227. The first kappa shape index (κ1) is 16.3. The summed E-state index contributed by atoms with van der Waals surface area (Å²) in [5.41, 5.74) is -0.0986. The second-order valence-corrected chi connectivity index (χ2v) is 7.34. The molecular weight excluding hydrogens is 283 g/mol. The molecule has 2 heterocycles. The zero-order valence-electron chi connectivity index (χ0n) is 12.7. The molecule has 20 heavy (non-hydrogen) atoms. The fourth-order valence-corrected chi connectivity index (χ4v) is 3.59. The van der Waals surface area contributed by atoms with E-state index in [9.17, 15) is 4.57 Å². The van der Waals surface area contributed by atoms with Gasteiger partial charge < -0.3 is 18.9 Å². The zero-order chi connectivity index (χ0) is 14.9. The van der Waals surface area contributed by atoms with E-state index in [0.29, 0.717) is 13.0 Å². The van der Waals surface area contributed by atoms with E-state index in [4.69, 9.17) is 23.5 Å². The van der Waals surface area contributed by atoms with Crippen molar-refractivity contribution >= 4 is 8.03 Å². The molecule has 0 saturated carbocycles. The summed E-state index contributed by atoms with van der Waals surface area (Å²) in [5.74, 6) is -0.639. The lowest BCUT2D eigenvalue weighted by Crippen LogP contribution is -2.31. The Bertz CT molecular complexity index is 361. The third kappa shape index (κ3) is 3.38. The minimum Gasteiger partial charge on any atom is -0.353 e. The van der Waals surface area contributed by atoms with Crippen molar-refractivity contribution in [3.8, 4) is 0 Å². The normalized spacial score (nSPS) is 37.8. The third-order valence-electron chi connectivity index (χ3n) is 3.53. The van der Waals surface area contributed by atoms with Crippen molar-refractivity contribution in [2.45, 2.75) is 70.2 Å². The van der Waals surface area contributed by atoms with Gasteiger partial charge in [0.15, 0.2) is 17.7 Å². The van der Waals surface area contributed by atoms with E-state index >= 15 is 0 Å². The van der Waals surface area contributed by atoms with Crippen LogP contribution in [0.15, 0.2) is 0 Å². The number of methoxy groups -OCH3 is 1. The molecule has 0 aromatic rings. The Morgan fingerprint density at radius 3 is 2.55 bits per heavy atom. The molecule has 7 heteroatoms. The van der Waals surface area contributed by atoms with Gasteiger partial charge in [-0.3, -0.25) is 0 Å². The Labute approximate surface area is 120 Å². The van der Waals surface area contributed by atoms with Crippen molar-refractivity contribution in [3.63, 3.8) is 0 Å². The molecule has 0 bridgehead atoms. The van der Waals surface area contributed by atoms with Crippen LogP contribution in [0.2, 0.25) is 0 Å². The van der Waals surface area contributed by atoms with Gasteiger partial charge >= 0.3 is 8.03 Å². The van der Waals surface area contributed by atoms with E-state index < -0.39 is 20.1 Å². The number of rotatable bonds is 6. The van der Waals surface area contributed by atoms with Gasteiger partial charge in [0, 0.05) is 13.5 Å². The van der Waals surface area contributed by atoms with Gasteiger partial charge in [-0.15, -0.1) is 4.52 Å². The van der Waals surface area contributed by atoms with Crippen LogP contribution in [0, 0.1) is 0 Å². The topological polar surface area (TPSA) is 63.2 Å². The fraction of sp³-hybridized carbons (Fsp3) is 1.00. The molecule has 6 nitrogen and oxygen atoms in total. The molecule has 2 unspecified atom stereocenters. The summed E-state index contributed by atoms with van der Waals surface area (Å²) < 4.78 is 39.9. The van der Waals surface area contributed by atoms with Crippen molar-refractivity contribution < 1.29 is 28.0 Å². The van der Waals surface area contributed by atoms with Crippen molar-refractivity contribution in [2.24, 2.45) is 0 Å². The summed E-state index contributed by atoms with van der Waals surface area (Å²) in [6, 6.07) is 0. The van der Waals surface area contributed by atoms with Crippen LogP contribution < -0.4 is 0 Å². The van der Waals surface area contributed by atoms with Crippen LogP contribution in [0.25, 0.3) is 0 Å². The van der Waals surface area contributed by atoms with Gasteiger partial charge in [0.1, 0.15) is 12.2 Å². The highest BCUT2D eigenvalue weighted by molar-refractivity contribution is 7.40. The van der Waals surface area contributed by atoms with E-state index in [-0.39, 0.29) is 24.0 Å². The van der Waals surface area contributed by atoms with Crippen LogP contribution in [-0.2, 0) is 28.0 Å². The standard InChI is InChI=1S/C13H24O6P/c1-6-16-20(14)8(2)7-9-10-11(12(15-5)17-9)19-13(3,4)18-10/h8-12H,6-7H2,1-5H3/q+1/t8?,9-,10-,11-,12-/m1/s1. The van der Waals surface area contributed by atoms with Crippen LogP contribution >= 0.6 is 8.03 Å². The molecule has 2 saturated heterocycles. The Balaban J connectivity index is 2.00. The van der Waals surface area contributed by atoms with Gasteiger partial charge in [0.05, 0.1) is 12.7 Å². The highest BCUT2D eigenvalue weighted by Gasteiger charge is 2.56. The first-order valence-corrected chi connectivity index (χ1v) is 8.25. The van der Waals surface area contributed by atoms with Crippen LogP contribution in [0.3, 0.4) is 0 Å². The zero-order valence-corrected chi connectivity index (χ0v) is 13.6. The summed E-state index contributed by atoms with van der Waals surface area (Å²) >= 11 is 0. The first-order chi connectivity index (χ1) is 9.38. The lowest BCUT2D eigenvalue weighted by Gasteiger charge is -2.23. The maximum absolute atomic E-state index is 11.9. The molecule has 0 amide bonds. The molecule has 0 aromatic carbocycles. The minimum absolute atomic E-state index is 0.0986. The summed E-state index contributed by atoms with van der Waals surface area (Å²) in [4.78, 5) is 0. The fourth-order valence-electron chi connectivity index (χ4n) is 2.70. The molecule has 2 rings (SSSR count). The molecular formula is C13H24O6P+. The summed E-state index contributed by atoms with van der Waals surface area (Å²) in [5, 5.41) is 0. The highest BCUT2D eigenvalue weighted by Crippen LogP contribution is 2.42. The Morgan fingerprint density at radius 1 is 1.30 bits per heavy atom. The molecule has 2 aliphatic rings. The predicted octanol–water partition coefficient (Wildman–Crippen LogP) is 2.44. The van der Waals surface area contributed by atoms with Crippen molar-refractivity contribution in [1.29, 1.82) is 0 Å². The monoisotopic (exact) mass is 307 g/mol. The lowest BCUT2D eigenvalue weighted by atomic mass is 10.1. The SMILES string of the molecule is CCO[P+](=O)C(C)C[C@H]1O[C@@H](OC)[C@@H]2OC(C)(C)O[C@@H]21. The summed E-state index contributed by atoms with van der Waals surface area (Å²) in [7, 11) is -0.0993. The van der Waals surface area contributed by atoms with Gasteiger partial charge in [0.25, 0.3) is 0 Å². The van der Waals surface area contributed by atoms with Gasteiger partial charge in [-0.05, 0) is 32.3 Å². The van der Waals surface area contributed by atoms with Gasteiger partial charge in [-0.1, -0.05) is 0 Å². The van der Waals surface area contributed by atoms with E-state index in [1.165, 1.54) is 0 Å². The maximum Gasteiger partial charge on any atom is 0.511 e. The maximum atomic E-state index is 11.9. The van der Waals surface area contributed by atoms with E-state index in [1.54, 1.807) is 7.11 Å². The average molecular weight is 307 g/mol. The highest BCUT2D eigenvalue weighted by atomic mass is 31.1. The minimum atomic E-state index is -1.69. The third-order valence-corrected chi connectivity index (χ3v) is 4.97. The van der Waals surface area contributed by atoms with Crippen molar-refractivity contribution in [1.82, 2.24) is 0 Å². The number of hydrogen-bond acceptors (Lipinski definition) is 6. The predicted molar refractivity (Wildman–Crippen MR) is 72.8 cm³/mol. The number of hydrogen-bond donors (Lipinski definition) is 0. The van der Waals surface area contributed by atoms with Crippen LogP contribution in [-0.4, -0.2) is 49.8 Å². The smallest absolute Gasteiger partial charge is 0.353 e. The van der Waals surface area contributed by atoms with E-state index in [1.807, 2.05) is 27.7 Å². The molecule has 2 fully saturated rings. The Morgan fingerprint density at radius 2 is 1.95 bits per heavy atom. The van der Waals surface area contributed by atoms with Crippen LogP contribution in [0.1, 0.15) is 34.1 Å². The van der Waals surface area contributed by atoms with Crippen LogP contribution in [0.4, 0.5) is 0 Å². The molecule has 2 aliphatic heterocycles. The van der Waals surface area contributed by atoms with Gasteiger partial charge in [0.2, 0.25) is 0 Å². The number of ether oxygens (including phenoxy) is 4. The van der Waals surface area contributed by atoms with Crippen LogP contribution in [0.5, 0.6) is 0 Å². The first-order valence-electron chi connectivity index (χ1n) is 7.01.